The molecule has 4 rings (SSSR count). The molecule has 1 saturated heterocycles. The van der Waals surface area contributed by atoms with Crippen molar-refractivity contribution in [3.05, 3.63) is 52.5 Å². The molecule has 1 aliphatic heterocycles. The minimum atomic E-state index is -2.97. The summed E-state index contributed by atoms with van der Waals surface area (Å²) >= 11 is 5.40. The van der Waals surface area contributed by atoms with Crippen LogP contribution in [0.5, 0.6) is 5.75 Å². The Morgan fingerprint density at radius 2 is 1.91 bits per heavy atom. The summed E-state index contributed by atoms with van der Waals surface area (Å²) in [6.07, 6.45) is 0.768. The summed E-state index contributed by atoms with van der Waals surface area (Å²) in [5, 5.41) is 6.99. The predicted molar refractivity (Wildman–Crippen MR) is 122 cm³/mol. The molecule has 0 atom stereocenters. The normalized spacial score (nSPS) is 18.4. The number of hydrogen-bond acceptors (Lipinski definition) is 4. The molecule has 0 unspecified atom stereocenters. The third-order valence-electron chi connectivity index (χ3n) is 6.06. The van der Waals surface area contributed by atoms with Crippen LogP contribution in [-0.2, 0) is 11.3 Å². The van der Waals surface area contributed by atoms with Crippen molar-refractivity contribution in [3.63, 3.8) is 0 Å². The van der Waals surface area contributed by atoms with Gasteiger partial charge in [-0.15, -0.1) is 0 Å². The first-order chi connectivity index (χ1) is 16.3. The Labute approximate surface area is 199 Å². The van der Waals surface area contributed by atoms with Gasteiger partial charge in [0.25, 0.3) is 18.8 Å². The van der Waals surface area contributed by atoms with Crippen molar-refractivity contribution in [2.24, 2.45) is 0 Å². The molecule has 0 spiro atoms. The van der Waals surface area contributed by atoms with Crippen molar-refractivity contribution < 1.29 is 27.1 Å². The number of aromatic nitrogens is 2. The third kappa shape index (κ3) is 4.94. The number of carbonyl (C=O) groups is 1. The average molecular weight is 497 g/mol. The number of halogens is 4. The first-order valence-corrected chi connectivity index (χ1v) is 11.4. The number of carbonyl (C=O) groups excluding carboxylic acids is 1. The number of rotatable bonds is 7. The van der Waals surface area contributed by atoms with Gasteiger partial charge in [-0.05, 0) is 54.9 Å². The fraction of sp³-hybridized carbons (Fsp3) is 0.435. The van der Waals surface area contributed by atoms with Crippen molar-refractivity contribution in [1.29, 1.82) is 0 Å². The van der Waals surface area contributed by atoms with Crippen molar-refractivity contribution >= 4 is 29.3 Å². The Balaban J connectivity index is 1.62. The average Bonchev–Trinajstić information content (AvgIpc) is 3.35. The highest BCUT2D eigenvalue weighted by Crippen LogP contribution is 2.30. The van der Waals surface area contributed by atoms with Crippen LogP contribution in [0.2, 0.25) is 0 Å². The van der Waals surface area contributed by atoms with Crippen molar-refractivity contribution in [1.82, 2.24) is 20.0 Å². The van der Waals surface area contributed by atoms with Crippen LogP contribution < -0.4 is 10.1 Å². The Kier molecular flexibility index (Phi) is 7.20. The fourth-order valence-electron chi connectivity index (χ4n) is 4.42. The Hall–Kier alpha value is -2.95. The van der Waals surface area contributed by atoms with Crippen LogP contribution in [0.4, 0.5) is 17.6 Å². The van der Waals surface area contributed by atoms with Gasteiger partial charge in [0.2, 0.25) is 0 Å². The highest BCUT2D eigenvalue weighted by atomic mass is 32.1. The lowest BCUT2D eigenvalue weighted by molar-refractivity contribution is -0.124. The van der Waals surface area contributed by atoms with E-state index in [2.05, 4.69) is 10.4 Å². The van der Waals surface area contributed by atoms with Crippen molar-refractivity contribution in [2.75, 3.05) is 7.11 Å². The fourth-order valence-corrected chi connectivity index (χ4v) is 4.76. The maximum absolute atomic E-state index is 13.4. The summed E-state index contributed by atoms with van der Waals surface area (Å²) < 4.78 is 59.0. The minimum absolute atomic E-state index is 0.0789. The van der Waals surface area contributed by atoms with Crippen LogP contribution in [0.15, 0.2) is 30.0 Å². The zero-order valence-corrected chi connectivity index (χ0v) is 19.3. The lowest BCUT2D eigenvalue weighted by Crippen LogP contribution is -2.41. The summed E-state index contributed by atoms with van der Waals surface area (Å²) in [6.45, 7) is -0.208. The zero-order valence-electron chi connectivity index (χ0n) is 18.4. The number of amides is 1. The quantitative estimate of drug-likeness (QED) is 0.324. The molecule has 1 aromatic heterocycles. The van der Waals surface area contributed by atoms with Crippen LogP contribution in [0, 0.1) is 0 Å². The van der Waals surface area contributed by atoms with Gasteiger partial charge in [-0.25, -0.2) is 17.6 Å². The maximum Gasteiger partial charge on any atom is 0.282 e. The summed E-state index contributed by atoms with van der Waals surface area (Å²) in [5.74, 6) is 0.171. The molecular formula is C23H24F4N4O2S. The van der Waals surface area contributed by atoms with Gasteiger partial charge < -0.3 is 10.1 Å². The summed E-state index contributed by atoms with van der Waals surface area (Å²) in [5.41, 5.74) is 0.0328. The van der Waals surface area contributed by atoms with Crippen LogP contribution >= 0.6 is 12.2 Å². The molecule has 0 bridgehead atoms. The highest BCUT2D eigenvalue weighted by molar-refractivity contribution is 7.80. The van der Waals surface area contributed by atoms with E-state index in [1.54, 1.807) is 29.2 Å². The molecular weight excluding hydrogens is 472 g/mol. The first kappa shape index (κ1) is 24.2. The highest BCUT2D eigenvalue weighted by Gasteiger charge is 2.36. The molecule has 2 fully saturated rings. The summed E-state index contributed by atoms with van der Waals surface area (Å²) in [6, 6.07) is 5.76. The molecule has 182 valence electrons. The first-order valence-electron chi connectivity index (χ1n) is 11.0. The minimum Gasteiger partial charge on any atom is -0.496 e. The van der Waals surface area contributed by atoms with Crippen LogP contribution in [0.3, 0.4) is 0 Å². The van der Waals surface area contributed by atoms with E-state index in [4.69, 9.17) is 17.0 Å². The smallest absolute Gasteiger partial charge is 0.282 e. The van der Waals surface area contributed by atoms with E-state index in [1.165, 1.54) is 7.11 Å². The standard InChI is InChI=1S/C23H24F4N4O2S/c1-33-19-8-7-13(9-14(19)12-30-18(21(26)27)11-16(29-30)20(24)25)10-17-22(32)31(23(34)28-17)15-5-3-2-4-6-15/h7-11,15,20-21H,2-6,12H2,1H3,(H,28,34)/b17-10+. The van der Waals surface area contributed by atoms with Gasteiger partial charge in [-0.2, -0.15) is 5.10 Å². The second-order valence-electron chi connectivity index (χ2n) is 8.28. The number of ether oxygens (including phenoxy) is 1. The van der Waals surface area contributed by atoms with Crippen LogP contribution in [-0.4, -0.2) is 38.9 Å². The number of methoxy groups -OCH3 is 1. The Bertz CT molecular complexity index is 1110. The van der Waals surface area contributed by atoms with Crippen LogP contribution in [0.1, 0.15) is 67.5 Å². The number of nitrogens with one attached hydrogen (secondary N) is 1. The molecule has 2 aromatic rings. The molecule has 0 radical (unpaired) electrons. The number of alkyl halides is 4. The SMILES string of the molecule is COc1ccc(/C=C2/NC(=S)N(C3CCCCC3)C2=O)cc1Cn1nc(C(F)F)cc1C(F)F. The second kappa shape index (κ2) is 10.1. The van der Waals surface area contributed by atoms with Gasteiger partial charge in [-0.1, -0.05) is 25.3 Å². The molecule has 2 heterocycles. The Morgan fingerprint density at radius 1 is 1.18 bits per heavy atom. The van der Waals surface area contributed by atoms with E-state index in [1.807, 2.05) is 0 Å². The van der Waals surface area contributed by atoms with Gasteiger partial charge >= 0.3 is 0 Å². The number of nitrogens with zero attached hydrogens (tertiary/aromatic N) is 3. The molecule has 1 saturated carbocycles. The topological polar surface area (TPSA) is 59.4 Å². The molecule has 6 nitrogen and oxygen atoms in total. The lowest BCUT2D eigenvalue weighted by Gasteiger charge is -2.29. The molecule has 1 N–H and O–H groups in total. The van der Waals surface area contributed by atoms with E-state index in [0.29, 0.717) is 33.8 Å². The van der Waals surface area contributed by atoms with Crippen molar-refractivity contribution in [2.45, 2.75) is 57.5 Å². The van der Waals surface area contributed by atoms with Gasteiger partial charge in [0.1, 0.15) is 22.8 Å². The maximum atomic E-state index is 13.4. The lowest BCUT2D eigenvalue weighted by atomic mass is 9.94. The van der Waals surface area contributed by atoms with Gasteiger partial charge in [0.15, 0.2) is 5.11 Å². The van der Waals surface area contributed by atoms with E-state index >= 15 is 0 Å². The predicted octanol–water partition coefficient (Wildman–Crippen LogP) is 5.21. The number of hydrogen-bond donors (Lipinski definition) is 1. The molecule has 1 aliphatic carbocycles. The number of benzene rings is 1. The molecule has 1 amide bonds. The summed E-state index contributed by atoms with van der Waals surface area (Å²) in [4.78, 5) is 14.7. The van der Waals surface area contributed by atoms with Crippen LogP contribution in [0.25, 0.3) is 6.08 Å². The zero-order chi connectivity index (χ0) is 24.4. The van der Waals surface area contributed by atoms with Gasteiger partial charge in [0, 0.05) is 11.6 Å². The van der Waals surface area contributed by atoms with Gasteiger partial charge in [-0.3, -0.25) is 14.4 Å². The van der Waals surface area contributed by atoms with E-state index in [9.17, 15) is 22.4 Å². The monoisotopic (exact) mass is 496 g/mol. The summed E-state index contributed by atoms with van der Waals surface area (Å²) in [7, 11) is 1.42. The molecule has 34 heavy (non-hydrogen) atoms. The van der Waals surface area contributed by atoms with E-state index in [0.717, 1.165) is 36.8 Å². The number of thiocarbonyl (C=S) groups is 1. The van der Waals surface area contributed by atoms with E-state index in [-0.39, 0.29) is 18.5 Å². The third-order valence-corrected chi connectivity index (χ3v) is 6.36. The van der Waals surface area contributed by atoms with E-state index < -0.39 is 24.2 Å². The second-order valence-corrected chi connectivity index (χ2v) is 8.67. The molecule has 11 heteroatoms. The largest absolute Gasteiger partial charge is 0.496 e. The molecule has 1 aromatic carbocycles. The van der Waals surface area contributed by atoms with Crippen molar-refractivity contribution in [3.8, 4) is 5.75 Å². The Morgan fingerprint density at radius 3 is 2.56 bits per heavy atom. The molecule has 2 aliphatic rings. The van der Waals surface area contributed by atoms with Gasteiger partial charge in [0.05, 0.1) is 13.7 Å².